The minimum atomic E-state index is 0.245. The van der Waals surface area contributed by atoms with E-state index in [-0.39, 0.29) is 5.78 Å². The summed E-state index contributed by atoms with van der Waals surface area (Å²) >= 11 is 0. The molecule has 0 N–H and O–H groups in total. The highest BCUT2D eigenvalue weighted by atomic mass is 16.5. The van der Waals surface area contributed by atoms with Crippen molar-refractivity contribution < 1.29 is 9.32 Å². The summed E-state index contributed by atoms with van der Waals surface area (Å²) in [6.07, 6.45) is 1.55. The van der Waals surface area contributed by atoms with E-state index in [2.05, 4.69) is 36.1 Å². The predicted molar refractivity (Wildman–Crippen MR) is 86.6 cm³/mol. The molecule has 3 nitrogen and oxygen atoms in total. The molecule has 0 spiro atoms. The Kier molecular flexibility index (Phi) is 5.16. The van der Waals surface area contributed by atoms with Crippen molar-refractivity contribution in [3.8, 4) is 11.8 Å². The van der Waals surface area contributed by atoms with Crippen molar-refractivity contribution in [1.82, 2.24) is 5.16 Å². The summed E-state index contributed by atoms with van der Waals surface area (Å²) in [5.41, 5.74) is 3.87. The fourth-order valence-electron chi connectivity index (χ4n) is 2.49. The van der Waals surface area contributed by atoms with Crippen LogP contribution >= 0.6 is 0 Å². The lowest BCUT2D eigenvalue weighted by Gasteiger charge is -2.09. The zero-order valence-corrected chi connectivity index (χ0v) is 13.6. The van der Waals surface area contributed by atoms with Gasteiger partial charge in [-0.3, -0.25) is 0 Å². The number of carbonyl (C=O) groups is 1. The molecule has 0 aliphatic rings. The van der Waals surface area contributed by atoms with Crippen molar-refractivity contribution in [2.45, 2.75) is 40.5 Å². The lowest BCUT2D eigenvalue weighted by atomic mass is 9.96. The first kappa shape index (κ1) is 16.0. The standard InChI is InChI=1S/C19H21NO2/c1-13(11-14(2)21)12-18-7-5-17(6-8-18)9-10-19-15(3)20-22-16(19)4/h5-8,13H,11-12H2,1-4H3. The van der Waals surface area contributed by atoms with Crippen LogP contribution in [0.5, 0.6) is 0 Å². The molecule has 0 aliphatic carbocycles. The second-order valence-corrected chi connectivity index (χ2v) is 5.86. The number of aryl methyl sites for hydroxylation is 2. The number of rotatable bonds is 4. The Hall–Kier alpha value is -2.34. The third-order valence-electron chi connectivity index (χ3n) is 3.54. The molecule has 3 heteroatoms. The average molecular weight is 295 g/mol. The molecule has 114 valence electrons. The Bertz CT molecular complexity index is 695. The number of aromatic nitrogens is 1. The average Bonchev–Trinajstić information content (AvgIpc) is 2.76. The molecule has 1 unspecified atom stereocenters. The van der Waals surface area contributed by atoms with Crippen LogP contribution in [0, 0.1) is 31.6 Å². The first-order valence-corrected chi connectivity index (χ1v) is 7.49. The maximum absolute atomic E-state index is 11.1. The van der Waals surface area contributed by atoms with Crippen molar-refractivity contribution in [1.29, 1.82) is 0 Å². The maximum Gasteiger partial charge on any atom is 0.149 e. The van der Waals surface area contributed by atoms with Gasteiger partial charge >= 0.3 is 0 Å². The molecule has 2 aromatic rings. The highest BCUT2D eigenvalue weighted by molar-refractivity contribution is 5.75. The molecule has 2 rings (SSSR count). The van der Waals surface area contributed by atoms with Gasteiger partial charge in [0.25, 0.3) is 0 Å². The third kappa shape index (κ3) is 4.33. The van der Waals surface area contributed by atoms with Crippen LogP contribution in [0.1, 0.15) is 48.4 Å². The predicted octanol–water partition coefficient (Wildman–Crippen LogP) is 3.85. The van der Waals surface area contributed by atoms with Crippen LogP contribution in [0.2, 0.25) is 0 Å². The highest BCUT2D eigenvalue weighted by Crippen LogP contribution is 2.14. The van der Waals surface area contributed by atoms with Crippen molar-refractivity contribution in [2.75, 3.05) is 0 Å². The molecule has 1 aromatic heterocycles. The lowest BCUT2D eigenvalue weighted by molar-refractivity contribution is -0.117. The molecule has 0 fully saturated rings. The number of nitrogens with zero attached hydrogens (tertiary/aromatic N) is 1. The Labute approximate surface area is 131 Å². The third-order valence-corrected chi connectivity index (χ3v) is 3.54. The molecule has 1 heterocycles. The van der Waals surface area contributed by atoms with Crippen LogP contribution in [-0.2, 0) is 11.2 Å². The Morgan fingerprint density at radius 3 is 2.45 bits per heavy atom. The van der Waals surface area contributed by atoms with E-state index >= 15 is 0 Å². The summed E-state index contributed by atoms with van der Waals surface area (Å²) in [4.78, 5) is 11.1. The molecule has 0 saturated carbocycles. The number of ketones is 1. The van der Waals surface area contributed by atoms with Gasteiger partial charge in [0.15, 0.2) is 0 Å². The van der Waals surface area contributed by atoms with E-state index in [9.17, 15) is 4.79 Å². The summed E-state index contributed by atoms with van der Waals surface area (Å²) in [5, 5.41) is 3.89. The van der Waals surface area contributed by atoms with Gasteiger partial charge in [0, 0.05) is 12.0 Å². The number of hydrogen-bond donors (Lipinski definition) is 0. The van der Waals surface area contributed by atoms with E-state index in [4.69, 9.17) is 4.52 Å². The summed E-state index contributed by atoms with van der Waals surface area (Å²) in [5.74, 6) is 7.62. The topological polar surface area (TPSA) is 43.1 Å². The minimum absolute atomic E-state index is 0.245. The van der Waals surface area contributed by atoms with Crippen LogP contribution in [-0.4, -0.2) is 10.9 Å². The fourth-order valence-corrected chi connectivity index (χ4v) is 2.49. The van der Waals surface area contributed by atoms with E-state index in [1.54, 1.807) is 6.92 Å². The molecule has 22 heavy (non-hydrogen) atoms. The largest absolute Gasteiger partial charge is 0.360 e. The van der Waals surface area contributed by atoms with Crippen molar-refractivity contribution in [3.63, 3.8) is 0 Å². The molecule has 0 amide bonds. The number of benzene rings is 1. The molecule has 0 saturated heterocycles. The fraction of sp³-hybridized carbons (Fsp3) is 0.368. The van der Waals surface area contributed by atoms with E-state index in [0.717, 1.165) is 29.0 Å². The van der Waals surface area contributed by atoms with Crippen LogP contribution < -0.4 is 0 Å². The first-order valence-electron chi connectivity index (χ1n) is 7.49. The van der Waals surface area contributed by atoms with Gasteiger partial charge in [-0.05, 0) is 50.8 Å². The van der Waals surface area contributed by atoms with E-state index < -0.39 is 0 Å². The zero-order chi connectivity index (χ0) is 16.1. The summed E-state index contributed by atoms with van der Waals surface area (Å²) < 4.78 is 5.10. The zero-order valence-electron chi connectivity index (χ0n) is 13.6. The summed E-state index contributed by atoms with van der Waals surface area (Å²) in [6, 6.07) is 8.18. The van der Waals surface area contributed by atoms with Gasteiger partial charge in [0.05, 0.1) is 11.3 Å². The smallest absolute Gasteiger partial charge is 0.149 e. The van der Waals surface area contributed by atoms with E-state index in [1.165, 1.54) is 5.56 Å². The van der Waals surface area contributed by atoms with E-state index in [1.807, 2.05) is 26.0 Å². The number of carbonyl (C=O) groups excluding carboxylic acids is 1. The monoisotopic (exact) mass is 295 g/mol. The quantitative estimate of drug-likeness (QED) is 0.805. The number of Topliss-reactive ketones (excluding diaryl/α,β-unsaturated/α-hetero) is 1. The molecular formula is C19H21NO2. The second kappa shape index (κ2) is 7.09. The minimum Gasteiger partial charge on any atom is -0.360 e. The van der Waals surface area contributed by atoms with Crippen molar-refractivity contribution in [2.24, 2.45) is 5.92 Å². The molecule has 0 radical (unpaired) electrons. The summed E-state index contributed by atoms with van der Waals surface area (Å²) in [7, 11) is 0. The lowest BCUT2D eigenvalue weighted by Crippen LogP contribution is -2.04. The SMILES string of the molecule is CC(=O)CC(C)Cc1ccc(C#Cc2c(C)noc2C)cc1. The molecule has 1 atom stereocenters. The van der Waals surface area contributed by atoms with Crippen molar-refractivity contribution >= 4 is 5.78 Å². The first-order chi connectivity index (χ1) is 10.5. The summed E-state index contributed by atoms with van der Waals surface area (Å²) in [6.45, 7) is 7.50. The Balaban J connectivity index is 2.05. The van der Waals surface area contributed by atoms with Gasteiger partial charge in [-0.1, -0.05) is 36.1 Å². The van der Waals surface area contributed by atoms with Gasteiger partial charge < -0.3 is 9.32 Å². The van der Waals surface area contributed by atoms with Gasteiger partial charge in [0.1, 0.15) is 11.5 Å². The molecule has 0 bridgehead atoms. The van der Waals surface area contributed by atoms with Crippen LogP contribution in [0.25, 0.3) is 0 Å². The Morgan fingerprint density at radius 2 is 1.91 bits per heavy atom. The highest BCUT2D eigenvalue weighted by Gasteiger charge is 2.07. The van der Waals surface area contributed by atoms with Gasteiger partial charge in [-0.15, -0.1) is 0 Å². The second-order valence-electron chi connectivity index (χ2n) is 5.86. The normalized spacial score (nSPS) is 11.6. The van der Waals surface area contributed by atoms with Crippen LogP contribution in [0.4, 0.5) is 0 Å². The van der Waals surface area contributed by atoms with Crippen molar-refractivity contribution in [3.05, 3.63) is 52.4 Å². The number of hydrogen-bond acceptors (Lipinski definition) is 3. The maximum atomic E-state index is 11.1. The van der Waals surface area contributed by atoms with Crippen LogP contribution in [0.15, 0.2) is 28.8 Å². The van der Waals surface area contributed by atoms with Gasteiger partial charge in [-0.25, -0.2) is 0 Å². The molecular weight excluding hydrogens is 274 g/mol. The van der Waals surface area contributed by atoms with Gasteiger partial charge in [0.2, 0.25) is 0 Å². The molecule has 0 aliphatic heterocycles. The molecule has 1 aromatic carbocycles. The van der Waals surface area contributed by atoms with E-state index in [0.29, 0.717) is 12.3 Å². The Morgan fingerprint density at radius 1 is 1.23 bits per heavy atom. The van der Waals surface area contributed by atoms with Crippen LogP contribution in [0.3, 0.4) is 0 Å². The van der Waals surface area contributed by atoms with Gasteiger partial charge in [-0.2, -0.15) is 0 Å².